The van der Waals surface area contributed by atoms with Crippen molar-refractivity contribution in [2.75, 3.05) is 0 Å². The summed E-state index contributed by atoms with van der Waals surface area (Å²) in [5.41, 5.74) is 3.85. The molecule has 17 heavy (non-hydrogen) atoms. The van der Waals surface area contributed by atoms with Gasteiger partial charge >= 0.3 is 5.97 Å². The van der Waals surface area contributed by atoms with Crippen molar-refractivity contribution in [1.29, 1.82) is 0 Å². The number of carboxylic acid groups (broad SMARTS) is 1. The average Bonchev–Trinajstić information content (AvgIpc) is 2.19. The molecule has 1 amide bonds. The number of amides is 1. The van der Waals surface area contributed by atoms with Crippen LogP contribution in [0.2, 0.25) is 0 Å². The van der Waals surface area contributed by atoms with E-state index in [1.54, 1.807) is 20.8 Å². The summed E-state index contributed by atoms with van der Waals surface area (Å²) in [6.45, 7) is 4.93. The monoisotopic (exact) mass is 242 g/mol. The van der Waals surface area contributed by atoms with E-state index in [1.807, 2.05) is 0 Å². The summed E-state index contributed by atoms with van der Waals surface area (Å²) in [7, 11) is 0. The lowest BCUT2D eigenvalue weighted by Crippen LogP contribution is -2.58. The Bertz CT molecular complexity index is 322. The van der Waals surface area contributed by atoms with Crippen LogP contribution in [0.4, 0.5) is 0 Å². The zero-order chi connectivity index (χ0) is 13.3. The van der Waals surface area contributed by atoms with Crippen molar-refractivity contribution in [1.82, 2.24) is 5.32 Å². The molecule has 0 bridgehead atoms. The van der Waals surface area contributed by atoms with E-state index in [-0.39, 0.29) is 11.9 Å². The number of nitrogens with two attached hydrogens (primary N) is 1. The first-order chi connectivity index (χ1) is 7.68. The molecule has 2 atom stereocenters. The minimum atomic E-state index is -0.975. The summed E-state index contributed by atoms with van der Waals surface area (Å²) < 4.78 is 0. The van der Waals surface area contributed by atoms with Gasteiger partial charge in [0.05, 0.1) is 11.0 Å². The second kappa shape index (κ2) is 4.64. The van der Waals surface area contributed by atoms with Gasteiger partial charge in [-0.3, -0.25) is 9.59 Å². The first-order valence-electron chi connectivity index (χ1n) is 6.01. The third-order valence-electron chi connectivity index (χ3n) is 3.59. The minimum absolute atomic E-state index is 0.295. The van der Waals surface area contributed by atoms with Crippen LogP contribution in [-0.4, -0.2) is 28.6 Å². The molecule has 1 saturated carbocycles. The van der Waals surface area contributed by atoms with E-state index < -0.39 is 16.9 Å². The largest absolute Gasteiger partial charge is 0.481 e. The predicted molar refractivity (Wildman–Crippen MR) is 64.4 cm³/mol. The summed E-state index contributed by atoms with van der Waals surface area (Å²) in [6, 6.07) is -0.330. The Balaban J connectivity index is 2.80. The number of hydrogen-bond donors (Lipinski definition) is 3. The van der Waals surface area contributed by atoms with Crippen LogP contribution in [0.3, 0.4) is 0 Å². The summed E-state index contributed by atoms with van der Waals surface area (Å²) in [4.78, 5) is 23.1. The molecular formula is C12H22N2O3. The van der Waals surface area contributed by atoms with Crippen LogP contribution in [0.1, 0.15) is 46.5 Å². The molecule has 0 spiro atoms. The van der Waals surface area contributed by atoms with Gasteiger partial charge in [-0.25, -0.2) is 0 Å². The molecule has 1 fully saturated rings. The molecule has 98 valence electrons. The molecule has 0 aromatic heterocycles. The fourth-order valence-corrected chi connectivity index (χ4v) is 2.17. The normalized spacial score (nSPS) is 29.8. The van der Waals surface area contributed by atoms with Crippen molar-refractivity contribution in [3.63, 3.8) is 0 Å². The Kier molecular flexibility index (Phi) is 3.81. The molecule has 0 saturated heterocycles. The van der Waals surface area contributed by atoms with Gasteiger partial charge < -0.3 is 16.2 Å². The number of carbonyl (C=O) groups excluding carboxylic acids is 1. The smallest absolute Gasteiger partial charge is 0.311 e. The number of rotatable bonds is 3. The van der Waals surface area contributed by atoms with Crippen molar-refractivity contribution in [3.8, 4) is 0 Å². The standard InChI is InChI=1S/C12H22N2O3/c1-11(2,13)9(15)14-8-6-4-5-7-12(8,3)10(16)17/h8H,4-7,13H2,1-3H3,(H,14,15)(H,16,17). The highest BCUT2D eigenvalue weighted by Crippen LogP contribution is 2.36. The highest BCUT2D eigenvalue weighted by atomic mass is 16.4. The maximum atomic E-state index is 11.8. The van der Waals surface area contributed by atoms with E-state index in [0.717, 1.165) is 12.8 Å². The van der Waals surface area contributed by atoms with Crippen LogP contribution in [-0.2, 0) is 9.59 Å². The SMILES string of the molecule is CC(C)(N)C(=O)NC1CCCCC1(C)C(=O)O. The Morgan fingerprint density at radius 2 is 2.00 bits per heavy atom. The van der Waals surface area contributed by atoms with Gasteiger partial charge in [0.15, 0.2) is 0 Å². The third kappa shape index (κ3) is 2.97. The summed E-state index contributed by atoms with van der Waals surface area (Å²) in [5, 5.41) is 12.1. The van der Waals surface area contributed by atoms with Gasteiger partial charge in [-0.15, -0.1) is 0 Å². The molecule has 5 nitrogen and oxygen atoms in total. The van der Waals surface area contributed by atoms with Crippen LogP contribution < -0.4 is 11.1 Å². The lowest BCUT2D eigenvalue weighted by Gasteiger charge is -2.39. The summed E-state index contributed by atoms with van der Waals surface area (Å²) in [5.74, 6) is -1.14. The van der Waals surface area contributed by atoms with E-state index in [2.05, 4.69) is 5.32 Å². The van der Waals surface area contributed by atoms with Crippen molar-refractivity contribution < 1.29 is 14.7 Å². The molecule has 0 heterocycles. The average molecular weight is 242 g/mol. The highest BCUT2D eigenvalue weighted by Gasteiger charge is 2.44. The quantitative estimate of drug-likeness (QED) is 0.684. The van der Waals surface area contributed by atoms with Gasteiger partial charge in [-0.1, -0.05) is 12.8 Å². The van der Waals surface area contributed by atoms with E-state index >= 15 is 0 Å². The van der Waals surface area contributed by atoms with Crippen LogP contribution >= 0.6 is 0 Å². The van der Waals surface area contributed by atoms with E-state index in [4.69, 9.17) is 5.73 Å². The number of aliphatic carboxylic acids is 1. The first kappa shape index (κ1) is 14.0. The Morgan fingerprint density at radius 1 is 1.41 bits per heavy atom. The van der Waals surface area contributed by atoms with E-state index in [1.165, 1.54) is 0 Å². The Labute approximate surface area is 102 Å². The second-order valence-corrected chi connectivity index (χ2v) is 5.72. The maximum absolute atomic E-state index is 11.8. The third-order valence-corrected chi connectivity index (χ3v) is 3.59. The molecule has 0 aliphatic heterocycles. The minimum Gasteiger partial charge on any atom is -0.481 e. The molecule has 0 aromatic rings. The van der Waals surface area contributed by atoms with Crippen LogP contribution in [0.25, 0.3) is 0 Å². The Morgan fingerprint density at radius 3 is 2.47 bits per heavy atom. The molecule has 0 aromatic carbocycles. The van der Waals surface area contributed by atoms with Crippen LogP contribution in [0, 0.1) is 5.41 Å². The van der Waals surface area contributed by atoms with Crippen molar-refractivity contribution in [3.05, 3.63) is 0 Å². The van der Waals surface area contributed by atoms with E-state index in [0.29, 0.717) is 12.8 Å². The van der Waals surface area contributed by atoms with Gasteiger partial charge in [-0.05, 0) is 33.6 Å². The van der Waals surface area contributed by atoms with Crippen LogP contribution in [0.15, 0.2) is 0 Å². The fourth-order valence-electron chi connectivity index (χ4n) is 2.17. The topological polar surface area (TPSA) is 92.4 Å². The van der Waals surface area contributed by atoms with Gasteiger partial charge in [0.1, 0.15) is 0 Å². The van der Waals surface area contributed by atoms with Gasteiger partial charge in [-0.2, -0.15) is 0 Å². The Hall–Kier alpha value is -1.10. The predicted octanol–water partition coefficient (Wildman–Crippen LogP) is 0.873. The molecule has 2 unspecified atom stereocenters. The molecule has 1 aliphatic carbocycles. The fraction of sp³-hybridized carbons (Fsp3) is 0.833. The molecule has 5 heteroatoms. The zero-order valence-corrected chi connectivity index (χ0v) is 10.7. The zero-order valence-electron chi connectivity index (χ0n) is 10.7. The van der Waals surface area contributed by atoms with Crippen molar-refractivity contribution in [2.24, 2.45) is 11.1 Å². The molecule has 0 radical (unpaired) electrons. The second-order valence-electron chi connectivity index (χ2n) is 5.72. The number of nitrogens with one attached hydrogen (secondary N) is 1. The molecule has 1 rings (SSSR count). The number of carbonyl (C=O) groups is 2. The van der Waals surface area contributed by atoms with Gasteiger partial charge in [0.2, 0.25) is 5.91 Å². The maximum Gasteiger partial charge on any atom is 0.311 e. The van der Waals surface area contributed by atoms with Crippen molar-refractivity contribution in [2.45, 2.75) is 58.0 Å². The van der Waals surface area contributed by atoms with E-state index in [9.17, 15) is 14.7 Å². The molecule has 1 aliphatic rings. The first-order valence-corrected chi connectivity index (χ1v) is 6.01. The lowest BCUT2D eigenvalue weighted by atomic mass is 9.71. The summed E-state index contributed by atoms with van der Waals surface area (Å²) >= 11 is 0. The number of hydrogen-bond acceptors (Lipinski definition) is 3. The van der Waals surface area contributed by atoms with Crippen molar-refractivity contribution >= 4 is 11.9 Å². The van der Waals surface area contributed by atoms with Gasteiger partial charge in [0, 0.05) is 6.04 Å². The lowest BCUT2D eigenvalue weighted by molar-refractivity contribution is -0.152. The van der Waals surface area contributed by atoms with Gasteiger partial charge in [0.25, 0.3) is 0 Å². The summed E-state index contributed by atoms with van der Waals surface area (Å²) in [6.07, 6.45) is 3.13. The highest BCUT2D eigenvalue weighted by molar-refractivity contribution is 5.86. The number of carboxylic acids is 1. The molecular weight excluding hydrogens is 220 g/mol. The van der Waals surface area contributed by atoms with Crippen LogP contribution in [0.5, 0.6) is 0 Å². The molecule has 4 N–H and O–H groups in total.